The maximum Gasteiger partial charge on any atom is 0.250 e. The molecular formula is C17H22N2O2. The summed E-state index contributed by atoms with van der Waals surface area (Å²) in [5, 5.41) is 3.44. The largest absolute Gasteiger partial charge is 0.497 e. The van der Waals surface area contributed by atoms with Crippen molar-refractivity contribution in [3.8, 4) is 5.75 Å². The van der Waals surface area contributed by atoms with Crippen LogP contribution in [0, 0.1) is 6.92 Å². The average molecular weight is 286 g/mol. The summed E-state index contributed by atoms with van der Waals surface area (Å²) in [4.78, 5) is 12.0. The molecule has 0 saturated heterocycles. The Balaban J connectivity index is 2.28. The smallest absolute Gasteiger partial charge is 0.250 e. The lowest BCUT2D eigenvalue weighted by molar-refractivity contribution is 0.413. The van der Waals surface area contributed by atoms with E-state index in [1.807, 2.05) is 37.3 Å². The van der Waals surface area contributed by atoms with Crippen molar-refractivity contribution >= 4 is 0 Å². The fourth-order valence-corrected chi connectivity index (χ4v) is 2.41. The molecule has 2 rings (SSSR count). The van der Waals surface area contributed by atoms with E-state index in [2.05, 4.69) is 12.2 Å². The van der Waals surface area contributed by atoms with E-state index in [9.17, 15) is 4.79 Å². The van der Waals surface area contributed by atoms with Crippen LogP contribution >= 0.6 is 0 Å². The van der Waals surface area contributed by atoms with E-state index in [0.717, 1.165) is 23.6 Å². The summed E-state index contributed by atoms with van der Waals surface area (Å²) in [5.74, 6) is 0.835. The predicted octanol–water partition coefficient (Wildman–Crippen LogP) is 2.52. The van der Waals surface area contributed by atoms with Crippen molar-refractivity contribution in [2.45, 2.75) is 26.4 Å². The Morgan fingerprint density at radius 3 is 2.48 bits per heavy atom. The number of hydrogen-bond acceptors (Lipinski definition) is 3. The van der Waals surface area contributed by atoms with Crippen LogP contribution in [0.1, 0.15) is 24.2 Å². The first-order valence-electron chi connectivity index (χ1n) is 7.19. The Hall–Kier alpha value is -2.07. The molecule has 0 bridgehead atoms. The first-order chi connectivity index (χ1) is 10.2. The number of aromatic nitrogens is 1. The topological polar surface area (TPSA) is 43.3 Å². The normalized spacial score (nSPS) is 12.1. The second-order valence-corrected chi connectivity index (χ2v) is 5.00. The van der Waals surface area contributed by atoms with Gasteiger partial charge in [0.1, 0.15) is 5.75 Å². The molecule has 0 radical (unpaired) electrons. The number of ether oxygens (including phenoxy) is 1. The zero-order valence-electron chi connectivity index (χ0n) is 12.8. The zero-order chi connectivity index (χ0) is 15.2. The van der Waals surface area contributed by atoms with Crippen molar-refractivity contribution in [3.63, 3.8) is 0 Å². The van der Waals surface area contributed by atoms with Gasteiger partial charge >= 0.3 is 0 Å². The van der Waals surface area contributed by atoms with Crippen molar-refractivity contribution < 1.29 is 4.74 Å². The Bertz CT molecular complexity index is 632. The number of nitrogens with zero attached hydrogens (tertiary/aromatic N) is 1. The van der Waals surface area contributed by atoms with Crippen molar-refractivity contribution in [1.29, 1.82) is 0 Å². The Morgan fingerprint density at radius 1 is 1.19 bits per heavy atom. The third kappa shape index (κ3) is 3.73. The molecule has 0 aliphatic heterocycles. The zero-order valence-corrected chi connectivity index (χ0v) is 12.8. The molecule has 1 heterocycles. The molecule has 112 valence electrons. The first-order valence-corrected chi connectivity index (χ1v) is 7.19. The maximum atomic E-state index is 12.0. The molecule has 1 unspecified atom stereocenters. The van der Waals surface area contributed by atoms with Crippen LogP contribution < -0.4 is 15.6 Å². The molecule has 1 aromatic heterocycles. The summed E-state index contributed by atoms with van der Waals surface area (Å²) in [6.07, 6.45) is 0. The van der Waals surface area contributed by atoms with Crippen LogP contribution in [0.4, 0.5) is 0 Å². The number of pyridine rings is 1. The van der Waals surface area contributed by atoms with E-state index in [-0.39, 0.29) is 11.6 Å². The second kappa shape index (κ2) is 7.09. The SMILES string of the molecule is CCNC(Cn1c(C)cccc1=O)c1ccc(OC)cc1. The molecule has 1 aromatic carbocycles. The molecule has 0 fully saturated rings. The van der Waals surface area contributed by atoms with E-state index >= 15 is 0 Å². The van der Waals surface area contributed by atoms with Crippen molar-refractivity contribution in [2.24, 2.45) is 0 Å². The Morgan fingerprint density at radius 2 is 1.90 bits per heavy atom. The molecule has 0 saturated carbocycles. The van der Waals surface area contributed by atoms with Crippen LogP contribution in [0.3, 0.4) is 0 Å². The molecule has 1 N–H and O–H groups in total. The minimum atomic E-state index is 0.0337. The number of benzene rings is 1. The summed E-state index contributed by atoms with van der Waals surface area (Å²) in [5.41, 5.74) is 2.15. The van der Waals surface area contributed by atoms with Crippen LogP contribution in [0.15, 0.2) is 47.3 Å². The summed E-state index contributed by atoms with van der Waals surface area (Å²) in [6.45, 7) is 5.48. The van der Waals surface area contributed by atoms with Gasteiger partial charge in [-0.2, -0.15) is 0 Å². The Kier molecular flexibility index (Phi) is 5.17. The molecule has 0 amide bonds. The summed E-state index contributed by atoms with van der Waals surface area (Å²) >= 11 is 0. The highest BCUT2D eigenvalue weighted by Gasteiger charge is 2.13. The van der Waals surface area contributed by atoms with Crippen molar-refractivity contribution in [2.75, 3.05) is 13.7 Å². The number of rotatable bonds is 6. The number of nitrogens with one attached hydrogen (secondary N) is 1. The van der Waals surface area contributed by atoms with Crippen molar-refractivity contribution in [1.82, 2.24) is 9.88 Å². The fourth-order valence-electron chi connectivity index (χ4n) is 2.41. The van der Waals surface area contributed by atoms with Gasteiger partial charge in [0.25, 0.3) is 5.56 Å². The van der Waals surface area contributed by atoms with Gasteiger partial charge in [0.05, 0.1) is 13.2 Å². The van der Waals surface area contributed by atoms with Crippen LogP contribution in [-0.4, -0.2) is 18.2 Å². The van der Waals surface area contributed by atoms with Crippen LogP contribution in [0.5, 0.6) is 5.75 Å². The maximum absolute atomic E-state index is 12.0. The number of likely N-dealkylation sites (N-methyl/N-ethyl adjacent to an activating group) is 1. The van der Waals surface area contributed by atoms with Crippen LogP contribution in [-0.2, 0) is 6.54 Å². The lowest BCUT2D eigenvalue weighted by Gasteiger charge is -2.21. The third-order valence-electron chi connectivity index (χ3n) is 3.60. The molecule has 0 aliphatic carbocycles. The van der Waals surface area contributed by atoms with E-state index < -0.39 is 0 Å². The highest BCUT2D eigenvalue weighted by molar-refractivity contribution is 5.29. The van der Waals surface area contributed by atoms with Crippen molar-refractivity contribution in [3.05, 3.63) is 64.1 Å². The molecule has 0 spiro atoms. The van der Waals surface area contributed by atoms with Gasteiger partial charge in [-0.3, -0.25) is 4.79 Å². The summed E-state index contributed by atoms with van der Waals surface area (Å²) < 4.78 is 6.99. The van der Waals surface area contributed by atoms with E-state index in [1.54, 1.807) is 23.8 Å². The second-order valence-electron chi connectivity index (χ2n) is 5.00. The first kappa shape index (κ1) is 15.3. The van der Waals surface area contributed by atoms with Gasteiger partial charge in [0, 0.05) is 18.3 Å². The molecule has 4 heteroatoms. The highest BCUT2D eigenvalue weighted by Crippen LogP contribution is 2.19. The summed E-state index contributed by atoms with van der Waals surface area (Å²) in [6, 6.07) is 13.4. The molecule has 21 heavy (non-hydrogen) atoms. The van der Waals surface area contributed by atoms with E-state index in [4.69, 9.17) is 4.74 Å². The van der Waals surface area contributed by atoms with Gasteiger partial charge in [-0.1, -0.05) is 25.1 Å². The van der Waals surface area contributed by atoms with Crippen LogP contribution in [0.25, 0.3) is 0 Å². The lowest BCUT2D eigenvalue weighted by Crippen LogP contribution is -2.31. The van der Waals surface area contributed by atoms with Crippen LogP contribution in [0.2, 0.25) is 0 Å². The van der Waals surface area contributed by atoms with Gasteiger partial charge in [-0.15, -0.1) is 0 Å². The quantitative estimate of drug-likeness (QED) is 0.887. The average Bonchev–Trinajstić information content (AvgIpc) is 2.50. The highest BCUT2D eigenvalue weighted by atomic mass is 16.5. The van der Waals surface area contributed by atoms with Gasteiger partial charge < -0.3 is 14.6 Å². The minimum absolute atomic E-state index is 0.0337. The Labute approximate surface area is 125 Å². The monoisotopic (exact) mass is 286 g/mol. The summed E-state index contributed by atoms with van der Waals surface area (Å²) in [7, 11) is 1.66. The molecule has 1 atom stereocenters. The fraction of sp³-hybridized carbons (Fsp3) is 0.353. The molecule has 0 aliphatic rings. The minimum Gasteiger partial charge on any atom is -0.497 e. The molecule has 2 aromatic rings. The standard InChI is InChI=1S/C17H22N2O2/c1-4-18-16(14-8-10-15(21-3)11-9-14)12-19-13(2)6-5-7-17(19)20/h5-11,16,18H,4,12H2,1-3H3. The number of methoxy groups -OCH3 is 1. The third-order valence-corrected chi connectivity index (χ3v) is 3.60. The lowest BCUT2D eigenvalue weighted by atomic mass is 10.1. The van der Waals surface area contributed by atoms with Gasteiger partial charge in [0.15, 0.2) is 0 Å². The van der Waals surface area contributed by atoms with Gasteiger partial charge in [-0.05, 0) is 37.2 Å². The van der Waals surface area contributed by atoms with E-state index in [1.165, 1.54) is 0 Å². The van der Waals surface area contributed by atoms with Gasteiger partial charge in [0.2, 0.25) is 0 Å². The molecule has 4 nitrogen and oxygen atoms in total. The van der Waals surface area contributed by atoms with E-state index in [0.29, 0.717) is 6.54 Å². The number of hydrogen-bond donors (Lipinski definition) is 1. The predicted molar refractivity (Wildman–Crippen MR) is 84.9 cm³/mol. The molecular weight excluding hydrogens is 264 g/mol. The van der Waals surface area contributed by atoms with Gasteiger partial charge in [-0.25, -0.2) is 0 Å². The number of aryl methyl sites for hydroxylation is 1.